The van der Waals surface area contributed by atoms with Crippen molar-refractivity contribution in [3.05, 3.63) is 28.7 Å². The van der Waals surface area contributed by atoms with Gasteiger partial charge in [0.1, 0.15) is 12.1 Å². The Morgan fingerprint density at radius 2 is 2.00 bits per heavy atom. The summed E-state index contributed by atoms with van der Waals surface area (Å²) in [6.45, 7) is 4.15. The van der Waals surface area contributed by atoms with Crippen molar-refractivity contribution in [1.82, 2.24) is 15.0 Å². The molecule has 0 atom stereocenters. The number of thiazole rings is 1. The van der Waals surface area contributed by atoms with Gasteiger partial charge in [-0.15, -0.1) is 11.3 Å². The first-order valence-electron chi connectivity index (χ1n) is 8.56. The molecule has 6 heteroatoms. The average molecular weight is 329 g/mol. The van der Waals surface area contributed by atoms with Crippen molar-refractivity contribution in [3.8, 4) is 0 Å². The predicted molar refractivity (Wildman–Crippen MR) is 94.4 cm³/mol. The first-order valence-corrected chi connectivity index (χ1v) is 9.38. The molecule has 0 unspecified atom stereocenters. The summed E-state index contributed by atoms with van der Waals surface area (Å²) in [7, 11) is 0. The fourth-order valence-electron chi connectivity index (χ4n) is 3.43. The van der Waals surface area contributed by atoms with E-state index in [0.717, 1.165) is 37.4 Å². The maximum atomic E-state index is 4.90. The van der Waals surface area contributed by atoms with Gasteiger partial charge in [-0.1, -0.05) is 0 Å². The molecule has 1 saturated heterocycles. The second-order valence-corrected chi connectivity index (χ2v) is 7.59. The molecule has 23 heavy (non-hydrogen) atoms. The van der Waals surface area contributed by atoms with E-state index in [1.165, 1.54) is 41.4 Å². The van der Waals surface area contributed by atoms with Crippen molar-refractivity contribution in [2.45, 2.75) is 51.5 Å². The van der Waals surface area contributed by atoms with Gasteiger partial charge in [0, 0.05) is 35.8 Å². The molecule has 122 valence electrons. The fourth-order valence-corrected chi connectivity index (χ4v) is 4.63. The Hall–Kier alpha value is -1.69. The molecular formula is C17H23N5S. The molecule has 2 aromatic heterocycles. The Balaban J connectivity index is 1.36. The van der Waals surface area contributed by atoms with Crippen LogP contribution in [0.4, 0.5) is 10.9 Å². The van der Waals surface area contributed by atoms with E-state index in [0.29, 0.717) is 6.04 Å². The van der Waals surface area contributed by atoms with Crippen LogP contribution in [0.5, 0.6) is 0 Å². The number of nitrogens with zero attached hydrogens (tertiary/aromatic N) is 4. The Morgan fingerprint density at radius 3 is 2.78 bits per heavy atom. The van der Waals surface area contributed by atoms with E-state index in [-0.39, 0.29) is 0 Å². The summed E-state index contributed by atoms with van der Waals surface area (Å²) in [5, 5.41) is 4.79. The van der Waals surface area contributed by atoms with Crippen LogP contribution in [0.3, 0.4) is 0 Å². The monoisotopic (exact) mass is 329 g/mol. The first kappa shape index (κ1) is 14.9. The third-order valence-corrected chi connectivity index (χ3v) is 5.97. The van der Waals surface area contributed by atoms with E-state index in [2.05, 4.69) is 20.2 Å². The van der Waals surface area contributed by atoms with Crippen molar-refractivity contribution >= 4 is 22.3 Å². The largest absolute Gasteiger partial charge is 0.367 e. The van der Waals surface area contributed by atoms with E-state index >= 15 is 0 Å². The number of piperidine rings is 1. The highest BCUT2D eigenvalue weighted by atomic mass is 32.1. The Bertz CT molecular complexity index is 652. The summed E-state index contributed by atoms with van der Waals surface area (Å²) in [6.07, 6.45) is 8.95. The van der Waals surface area contributed by atoms with Gasteiger partial charge in [-0.3, -0.25) is 0 Å². The highest BCUT2D eigenvalue weighted by Gasteiger charge is 2.23. The van der Waals surface area contributed by atoms with Crippen molar-refractivity contribution in [1.29, 1.82) is 0 Å². The van der Waals surface area contributed by atoms with E-state index in [9.17, 15) is 0 Å². The van der Waals surface area contributed by atoms with E-state index in [1.54, 1.807) is 6.33 Å². The van der Waals surface area contributed by atoms with Gasteiger partial charge in [-0.25, -0.2) is 15.0 Å². The van der Waals surface area contributed by atoms with E-state index < -0.39 is 0 Å². The van der Waals surface area contributed by atoms with Gasteiger partial charge in [-0.05, 0) is 45.4 Å². The minimum Gasteiger partial charge on any atom is -0.367 e. The molecule has 1 N–H and O–H groups in total. The zero-order chi connectivity index (χ0) is 15.6. The van der Waals surface area contributed by atoms with Crippen LogP contribution in [0.1, 0.15) is 41.9 Å². The standard InChI is InChI=1S/C17H23N5S/c1-12-10-16(19-11-18-12)20-13-6-8-22(9-7-13)17-21-14-4-2-3-5-15(14)23-17/h10-11,13H,2-9H2,1H3,(H,18,19,20). The average Bonchev–Trinajstić information content (AvgIpc) is 2.99. The van der Waals surface area contributed by atoms with Crippen molar-refractivity contribution in [3.63, 3.8) is 0 Å². The van der Waals surface area contributed by atoms with Gasteiger partial charge in [0.2, 0.25) is 0 Å². The van der Waals surface area contributed by atoms with Gasteiger partial charge < -0.3 is 10.2 Å². The lowest BCUT2D eigenvalue weighted by Gasteiger charge is -2.32. The highest BCUT2D eigenvalue weighted by Crippen LogP contribution is 2.33. The maximum absolute atomic E-state index is 4.90. The molecule has 2 aliphatic rings. The second kappa shape index (κ2) is 6.43. The first-order chi connectivity index (χ1) is 11.3. The lowest BCUT2D eigenvalue weighted by Crippen LogP contribution is -2.39. The van der Waals surface area contributed by atoms with Crippen molar-refractivity contribution in [2.24, 2.45) is 0 Å². The lowest BCUT2D eigenvalue weighted by molar-refractivity contribution is 0.524. The Kier molecular flexibility index (Phi) is 4.16. The molecule has 0 aromatic carbocycles. The SMILES string of the molecule is Cc1cc(NC2CCN(c3nc4c(s3)CCCC4)CC2)ncn1. The van der Waals surface area contributed by atoms with Gasteiger partial charge >= 0.3 is 0 Å². The molecule has 0 spiro atoms. The number of aromatic nitrogens is 3. The van der Waals surface area contributed by atoms with Crippen LogP contribution in [0, 0.1) is 6.92 Å². The normalized spacial score (nSPS) is 18.7. The minimum atomic E-state index is 0.495. The molecule has 0 radical (unpaired) electrons. The van der Waals surface area contributed by atoms with Crippen molar-refractivity contribution < 1.29 is 0 Å². The number of rotatable bonds is 3. The summed E-state index contributed by atoms with van der Waals surface area (Å²) in [4.78, 5) is 17.4. The summed E-state index contributed by atoms with van der Waals surface area (Å²) in [5.74, 6) is 0.945. The molecule has 5 nitrogen and oxygen atoms in total. The Labute approximate surface area is 141 Å². The molecule has 1 aliphatic carbocycles. The van der Waals surface area contributed by atoms with Crippen molar-refractivity contribution in [2.75, 3.05) is 23.3 Å². The highest BCUT2D eigenvalue weighted by molar-refractivity contribution is 7.15. The zero-order valence-corrected chi connectivity index (χ0v) is 14.4. The molecule has 3 heterocycles. The summed E-state index contributed by atoms with van der Waals surface area (Å²) in [6, 6.07) is 2.51. The summed E-state index contributed by atoms with van der Waals surface area (Å²) >= 11 is 1.92. The second-order valence-electron chi connectivity index (χ2n) is 6.52. The summed E-state index contributed by atoms with van der Waals surface area (Å²) < 4.78 is 0. The number of nitrogens with one attached hydrogen (secondary N) is 1. The van der Waals surface area contributed by atoms with Crippen LogP contribution >= 0.6 is 11.3 Å². The van der Waals surface area contributed by atoms with Gasteiger partial charge in [0.25, 0.3) is 0 Å². The van der Waals surface area contributed by atoms with Crippen LogP contribution in [0.15, 0.2) is 12.4 Å². The smallest absolute Gasteiger partial charge is 0.185 e. The molecule has 2 aromatic rings. The van der Waals surface area contributed by atoms with Gasteiger partial charge in [-0.2, -0.15) is 0 Å². The third kappa shape index (κ3) is 3.32. The van der Waals surface area contributed by atoms with Crippen LogP contribution < -0.4 is 10.2 Å². The molecule has 1 fully saturated rings. The molecule has 1 aliphatic heterocycles. The number of hydrogen-bond acceptors (Lipinski definition) is 6. The maximum Gasteiger partial charge on any atom is 0.185 e. The zero-order valence-electron chi connectivity index (χ0n) is 13.6. The van der Waals surface area contributed by atoms with E-state index in [1.807, 2.05) is 24.3 Å². The van der Waals surface area contributed by atoms with Crippen LogP contribution in [0.2, 0.25) is 0 Å². The number of anilines is 2. The fraction of sp³-hybridized carbons (Fsp3) is 0.588. The molecule has 0 bridgehead atoms. The van der Waals surface area contributed by atoms with Crippen LogP contribution in [-0.4, -0.2) is 34.1 Å². The number of aryl methyl sites for hydroxylation is 3. The van der Waals surface area contributed by atoms with Gasteiger partial charge in [0.15, 0.2) is 5.13 Å². The van der Waals surface area contributed by atoms with Crippen LogP contribution in [0.25, 0.3) is 0 Å². The van der Waals surface area contributed by atoms with Crippen LogP contribution in [-0.2, 0) is 12.8 Å². The lowest BCUT2D eigenvalue weighted by atomic mass is 10.0. The van der Waals surface area contributed by atoms with Gasteiger partial charge in [0.05, 0.1) is 5.69 Å². The quantitative estimate of drug-likeness (QED) is 0.937. The number of hydrogen-bond donors (Lipinski definition) is 1. The third-order valence-electron chi connectivity index (χ3n) is 4.76. The topological polar surface area (TPSA) is 53.9 Å². The molecule has 0 saturated carbocycles. The molecule has 0 amide bonds. The summed E-state index contributed by atoms with van der Waals surface area (Å²) in [5.41, 5.74) is 2.38. The Morgan fingerprint density at radius 1 is 1.17 bits per heavy atom. The molecular weight excluding hydrogens is 306 g/mol. The predicted octanol–water partition coefficient (Wildman–Crippen LogP) is 3.20. The molecule has 4 rings (SSSR count). The number of fused-ring (bicyclic) bond motifs is 1. The van der Waals surface area contributed by atoms with E-state index in [4.69, 9.17) is 4.98 Å². The minimum absolute atomic E-state index is 0.495.